The van der Waals surface area contributed by atoms with Crippen molar-refractivity contribution in [1.82, 2.24) is 5.32 Å². The van der Waals surface area contributed by atoms with E-state index in [4.69, 9.17) is 4.74 Å². The zero-order valence-corrected chi connectivity index (χ0v) is 14.3. The molecule has 0 spiro atoms. The van der Waals surface area contributed by atoms with Crippen LogP contribution in [-0.2, 0) is 0 Å². The number of nitrogens with one attached hydrogen (secondary N) is 1. The molecule has 1 N–H and O–H groups in total. The fraction of sp³-hybridized carbons (Fsp3) is 0.684. The van der Waals surface area contributed by atoms with Gasteiger partial charge in [0.25, 0.3) is 0 Å². The molecule has 0 fully saturated rings. The third kappa shape index (κ3) is 7.52. The van der Waals surface area contributed by atoms with Gasteiger partial charge in [0, 0.05) is 6.04 Å². The maximum atomic E-state index is 5.88. The molecule has 2 atom stereocenters. The highest BCUT2D eigenvalue weighted by atomic mass is 16.5. The molecule has 1 aromatic carbocycles. The fourth-order valence-corrected chi connectivity index (χ4v) is 2.79. The maximum Gasteiger partial charge on any atom is 0.119 e. The Hall–Kier alpha value is -1.02. The number of hydrogen-bond acceptors (Lipinski definition) is 2. The van der Waals surface area contributed by atoms with E-state index in [-0.39, 0.29) is 0 Å². The van der Waals surface area contributed by atoms with Crippen molar-refractivity contribution in [2.24, 2.45) is 5.92 Å². The van der Waals surface area contributed by atoms with Crippen molar-refractivity contribution >= 4 is 0 Å². The molecule has 0 saturated carbocycles. The first-order valence-electron chi connectivity index (χ1n) is 8.56. The van der Waals surface area contributed by atoms with Crippen molar-refractivity contribution in [3.63, 3.8) is 0 Å². The van der Waals surface area contributed by atoms with Crippen LogP contribution < -0.4 is 10.1 Å². The van der Waals surface area contributed by atoms with E-state index in [1.54, 1.807) is 0 Å². The molecular formula is C19H33NO. The average molecular weight is 291 g/mol. The highest BCUT2D eigenvalue weighted by Gasteiger charge is 2.13. The van der Waals surface area contributed by atoms with Crippen molar-refractivity contribution < 1.29 is 4.74 Å². The standard InChI is InChI=1S/C19H33NO/c1-5-7-10-17(6-2)15-18(20-4)12-13-21-19-11-8-9-16(3)14-19/h8-9,11,14,17-18,20H,5-7,10,12-13,15H2,1-4H3. The summed E-state index contributed by atoms with van der Waals surface area (Å²) >= 11 is 0. The summed E-state index contributed by atoms with van der Waals surface area (Å²) in [5, 5.41) is 3.46. The van der Waals surface area contributed by atoms with Gasteiger partial charge in [-0.3, -0.25) is 0 Å². The molecule has 0 heterocycles. The Morgan fingerprint density at radius 3 is 2.62 bits per heavy atom. The van der Waals surface area contributed by atoms with Gasteiger partial charge < -0.3 is 10.1 Å². The first-order valence-corrected chi connectivity index (χ1v) is 8.56. The molecule has 0 aromatic heterocycles. The minimum Gasteiger partial charge on any atom is -0.494 e. The molecule has 0 bridgehead atoms. The molecule has 0 saturated heterocycles. The van der Waals surface area contributed by atoms with Crippen LogP contribution in [0.25, 0.3) is 0 Å². The molecule has 2 heteroatoms. The van der Waals surface area contributed by atoms with Crippen LogP contribution >= 0.6 is 0 Å². The molecule has 1 aromatic rings. The van der Waals surface area contributed by atoms with Crippen LogP contribution in [0.2, 0.25) is 0 Å². The van der Waals surface area contributed by atoms with Crippen LogP contribution in [0, 0.1) is 12.8 Å². The highest BCUT2D eigenvalue weighted by molar-refractivity contribution is 5.27. The summed E-state index contributed by atoms with van der Waals surface area (Å²) < 4.78 is 5.88. The number of rotatable bonds is 11. The van der Waals surface area contributed by atoms with Crippen LogP contribution in [0.1, 0.15) is 57.9 Å². The predicted molar refractivity (Wildman–Crippen MR) is 92.1 cm³/mol. The predicted octanol–water partition coefficient (Wildman–Crippen LogP) is 4.96. The van der Waals surface area contributed by atoms with Gasteiger partial charge in [-0.15, -0.1) is 0 Å². The van der Waals surface area contributed by atoms with E-state index < -0.39 is 0 Å². The van der Waals surface area contributed by atoms with Crippen molar-refractivity contribution in [2.75, 3.05) is 13.7 Å². The van der Waals surface area contributed by atoms with E-state index >= 15 is 0 Å². The Labute approximate surface area is 131 Å². The second kappa shape index (κ2) is 10.7. The summed E-state index contributed by atoms with van der Waals surface area (Å²) in [6.45, 7) is 7.48. The van der Waals surface area contributed by atoms with Crippen molar-refractivity contribution in [3.05, 3.63) is 29.8 Å². The molecule has 0 radical (unpaired) electrons. The van der Waals surface area contributed by atoms with Gasteiger partial charge in [0.15, 0.2) is 0 Å². The zero-order valence-electron chi connectivity index (χ0n) is 14.3. The average Bonchev–Trinajstić information content (AvgIpc) is 2.49. The summed E-state index contributed by atoms with van der Waals surface area (Å²) in [6, 6.07) is 8.86. The van der Waals surface area contributed by atoms with E-state index in [1.807, 2.05) is 6.07 Å². The van der Waals surface area contributed by atoms with E-state index in [2.05, 4.69) is 51.3 Å². The number of aryl methyl sites for hydroxylation is 1. The molecule has 1 rings (SSSR count). The Balaban J connectivity index is 2.32. The molecule has 120 valence electrons. The largest absolute Gasteiger partial charge is 0.494 e. The van der Waals surface area contributed by atoms with Gasteiger partial charge >= 0.3 is 0 Å². The number of ether oxygens (including phenoxy) is 1. The SMILES string of the molecule is CCCCC(CC)CC(CCOc1cccc(C)c1)NC. The molecule has 2 unspecified atom stereocenters. The maximum absolute atomic E-state index is 5.88. The number of benzene rings is 1. The van der Waals surface area contributed by atoms with Crippen LogP contribution in [-0.4, -0.2) is 19.7 Å². The van der Waals surface area contributed by atoms with E-state index in [1.165, 1.54) is 37.7 Å². The van der Waals surface area contributed by atoms with E-state index in [0.717, 1.165) is 24.7 Å². The Bertz CT molecular complexity index is 378. The van der Waals surface area contributed by atoms with Crippen LogP contribution in [0.4, 0.5) is 0 Å². The second-order valence-electron chi connectivity index (χ2n) is 6.09. The molecule has 0 aliphatic carbocycles. The summed E-state index contributed by atoms with van der Waals surface area (Å²) in [5.74, 6) is 1.84. The van der Waals surface area contributed by atoms with Crippen LogP contribution in [0.15, 0.2) is 24.3 Å². The molecular weight excluding hydrogens is 258 g/mol. The Morgan fingerprint density at radius 1 is 1.19 bits per heavy atom. The lowest BCUT2D eigenvalue weighted by Gasteiger charge is -2.22. The zero-order chi connectivity index (χ0) is 15.5. The van der Waals surface area contributed by atoms with Gasteiger partial charge in [-0.2, -0.15) is 0 Å². The lowest BCUT2D eigenvalue weighted by atomic mass is 9.91. The van der Waals surface area contributed by atoms with E-state index in [9.17, 15) is 0 Å². The third-order valence-electron chi connectivity index (χ3n) is 4.29. The first kappa shape index (κ1) is 18.0. The van der Waals surface area contributed by atoms with Gasteiger partial charge in [-0.1, -0.05) is 51.7 Å². The van der Waals surface area contributed by atoms with Gasteiger partial charge in [-0.25, -0.2) is 0 Å². The van der Waals surface area contributed by atoms with Crippen molar-refractivity contribution in [1.29, 1.82) is 0 Å². The van der Waals surface area contributed by atoms with E-state index in [0.29, 0.717) is 6.04 Å². The highest BCUT2D eigenvalue weighted by Crippen LogP contribution is 2.20. The van der Waals surface area contributed by atoms with Crippen LogP contribution in [0.5, 0.6) is 5.75 Å². The number of hydrogen-bond donors (Lipinski definition) is 1. The monoisotopic (exact) mass is 291 g/mol. The summed E-state index contributed by atoms with van der Waals surface area (Å²) in [7, 11) is 2.07. The second-order valence-corrected chi connectivity index (χ2v) is 6.09. The van der Waals surface area contributed by atoms with Gasteiger partial charge in [0.2, 0.25) is 0 Å². The fourth-order valence-electron chi connectivity index (χ4n) is 2.79. The van der Waals surface area contributed by atoms with Crippen molar-refractivity contribution in [3.8, 4) is 5.75 Å². The third-order valence-corrected chi connectivity index (χ3v) is 4.29. The summed E-state index contributed by atoms with van der Waals surface area (Å²) in [5.41, 5.74) is 1.25. The topological polar surface area (TPSA) is 21.3 Å². The molecule has 21 heavy (non-hydrogen) atoms. The Morgan fingerprint density at radius 2 is 2.00 bits per heavy atom. The lowest BCUT2D eigenvalue weighted by Crippen LogP contribution is -2.29. The normalized spacial score (nSPS) is 13.9. The van der Waals surface area contributed by atoms with Crippen LogP contribution in [0.3, 0.4) is 0 Å². The molecule has 2 nitrogen and oxygen atoms in total. The lowest BCUT2D eigenvalue weighted by molar-refractivity contribution is 0.266. The van der Waals surface area contributed by atoms with Crippen molar-refractivity contribution in [2.45, 2.75) is 65.3 Å². The summed E-state index contributed by atoms with van der Waals surface area (Å²) in [6.07, 6.45) is 7.66. The molecule has 0 aliphatic heterocycles. The Kier molecular flexibility index (Phi) is 9.16. The van der Waals surface area contributed by atoms with Gasteiger partial charge in [-0.05, 0) is 50.4 Å². The number of unbranched alkanes of at least 4 members (excludes halogenated alkanes) is 1. The van der Waals surface area contributed by atoms with Gasteiger partial charge in [0.1, 0.15) is 5.75 Å². The van der Waals surface area contributed by atoms with Gasteiger partial charge in [0.05, 0.1) is 6.61 Å². The first-order chi connectivity index (χ1) is 10.2. The summed E-state index contributed by atoms with van der Waals surface area (Å²) in [4.78, 5) is 0. The molecule has 0 aliphatic rings. The smallest absolute Gasteiger partial charge is 0.119 e. The minimum absolute atomic E-state index is 0.566. The minimum atomic E-state index is 0.566. The molecule has 0 amide bonds. The quantitative estimate of drug-likeness (QED) is 0.622.